The Hall–Kier alpha value is -1.05. The maximum Gasteiger partial charge on any atom is 0.234 e. The zero-order chi connectivity index (χ0) is 14.4. The van der Waals surface area contributed by atoms with Crippen LogP contribution in [0.5, 0.6) is 0 Å². The summed E-state index contributed by atoms with van der Waals surface area (Å²) in [5.74, 6) is 0.310. The number of aromatic nitrogens is 2. The van der Waals surface area contributed by atoms with Gasteiger partial charge in [0.05, 0.1) is 5.75 Å². The predicted molar refractivity (Wildman–Crippen MR) is 86.7 cm³/mol. The second-order valence-corrected chi connectivity index (χ2v) is 8.23. The van der Waals surface area contributed by atoms with E-state index in [1.54, 1.807) is 11.8 Å². The number of benzene rings is 1. The molecule has 0 aliphatic rings. The lowest BCUT2D eigenvalue weighted by molar-refractivity contribution is -0.113. The molecule has 0 fully saturated rings. The van der Waals surface area contributed by atoms with Crippen LogP contribution in [0.15, 0.2) is 39.0 Å². The summed E-state index contributed by atoms with van der Waals surface area (Å²) in [4.78, 5) is 11.8. The minimum atomic E-state index is -0.0329. The van der Waals surface area contributed by atoms with Gasteiger partial charge < -0.3 is 5.32 Å². The largest absolute Gasteiger partial charge is 0.325 e. The topological polar surface area (TPSA) is 54.9 Å². The Balaban J connectivity index is 1.80. The number of amides is 1. The van der Waals surface area contributed by atoms with Crippen LogP contribution in [0.4, 0.5) is 5.69 Å². The monoisotopic (exact) mass is 325 g/mol. The Morgan fingerprint density at radius 2 is 1.95 bits per heavy atom. The molecule has 2 aromatic rings. The first-order valence-electron chi connectivity index (χ1n) is 6.11. The van der Waals surface area contributed by atoms with Crippen molar-refractivity contribution in [3.05, 3.63) is 30.3 Å². The van der Waals surface area contributed by atoms with Crippen molar-refractivity contribution in [2.75, 3.05) is 11.1 Å². The fourth-order valence-electron chi connectivity index (χ4n) is 1.35. The van der Waals surface area contributed by atoms with E-state index in [1.165, 1.54) is 23.1 Å². The molecule has 4 nitrogen and oxygen atoms in total. The first-order valence-corrected chi connectivity index (χ1v) is 8.79. The lowest BCUT2D eigenvalue weighted by Gasteiger charge is -2.02. The van der Waals surface area contributed by atoms with E-state index in [1.807, 2.05) is 30.3 Å². The van der Waals surface area contributed by atoms with E-state index in [9.17, 15) is 4.79 Å². The van der Waals surface area contributed by atoms with Gasteiger partial charge in [-0.1, -0.05) is 66.9 Å². The normalized spacial score (nSPS) is 10.8. The highest BCUT2D eigenvalue weighted by atomic mass is 32.2. The van der Waals surface area contributed by atoms with E-state index in [0.717, 1.165) is 14.4 Å². The van der Waals surface area contributed by atoms with Crippen molar-refractivity contribution >= 4 is 46.5 Å². The van der Waals surface area contributed by atoms with Crippen molar-refractivity contribution < 1.29 is 4.79 Å². The van der Waals surface area contributed by atoms with Gasteiger partial charge >= 0.3 is 0 Å². The first kappa shape index (κ1) is 15.3. The van der Waals surface area contributed by atoms with Gasteiger partial charge in [-0.05, 0) is 12.1 Å². The van der Waals surface area contributed by atoms with Crippen molar-refractivity contribution in [2.45, 2.75) is 27.8 Å². The van der Waals surface area contributed by atoms with Gasteiger partial charge in [0, 0.05) is 10.9 Å². The molecule has 0 aliphatic heterocycles. The van der Waals surface area contributed by atoms with Gasteiger partial charge in [0.2, 0.25) is 5.91 Å². The van der Waals surface area contributed by atoms with Crippen LogP contribution in [0.2, 0.25) is 0 Å². The number of carbonyl (C=O) groups excluding carboxylic acids is 1. The molecule has 0 spiro atoms. The lowest BCUT2D eigenvalue weighted by atomic mass is 10.3. The number of nitrogens with one attached hydrogen (secondary N) is 1. The Kier molecular flexibility index (Phi) is 5.87. The second kappa shape index (κ2) is 7.66. The van der Waals surface area contributed by atoms with Gasteiger partial charge in [0.25, 0.3) is 0 Å². The standard InChI is InChI=1S/C13H15N3OS3/c1-9(2)19-13-16-15-12(20-13)18-8-11(17)14-10-6-4-3-5-7-10/h3-7,9H,8H2,1-2H3,(H,14,17). The third-order valence-corrected chi connectivity index (χ3v) is 5.25. The van der Waals surface area contributed by atoms with E-state index in [-0.39, 0.29) is 5.91 Å². The number of hydrogen-bond acceptors (Lipinski definition) is 6. The Bertz CT molecular complexity index is 557. The minimum Gasteiger partial charge on any atom is -0.325 e. The Morgan fingerprint density at radius 1 is 1.25 bits per heavy atom. The zero-order valence-electron chi connectivity index (χ0n) is 11.2. The van der Waals surface area contributed by atoms with Crippen molar-refractivity contribution in [2.24, 2.45) is 0 Å². The van der Waals surface area contributed by atoms with Crippen LogP contribution in [0.25, 0.3) is 0 Å². The minimum absolute atomic E-state index is 0.0329. The SMILES string of the molecule is CC(C)Sc1nnc(SCC(=O)Nc2ccccc2)s1. The molecule has 1 heterocycles. The van der Waals surface area contributed by atoms with Gasteiger partial charge in [-0.15, -0.1) is 10.2 Å². The average Bonchev–Trinajstić information content (AvgIpc) is 2.84. The van der Waals surface area contributed by atoms with Crippen molar-refractivity contribution in [3.8, 4) is 0 Å². The van der Waals surface area contributed by atoms with Crippen molar-refractivity contribution in [1.29, 1.82) is 0 Å². The maximum absolute atomic E-state index is 11.8. The molecule has 0 saturated carbocycles. The predicted octanol–water partition coefficient (Wildman–Crippen LogP) is 3.77. The number of thioether (sulfide) groups is 2. The number of anilines is 1. The third-order valence-electron chi connectivity index (χ3n) is 2.11. The van der Waals surface area contributed by atoms with Crippen LogP contribution in [0.3, 0.4) is 0 Å². The van der Waals surface area contributed by atoms with Gasteiger partial charge in [-0.3, -0.25) is 4.79 Å². The van der Waals surface area contributed by atoms with Crippen LogP contribution in [-0.2, 0) is 4.79 Å². The number of para-hydroxylation sites is 1. The Labute approximate surface area is 130 Å². The molecular formula is C13H15N3OS3. The van der Waals surface area contributed by atoms with Crippen molar-refractivity contribution in [3.63, 3.8) is 0 Å². The average molecular weight is 325 g/mol. The third kappa shape index (κ3) is 5.15. The van der Waals surface area contributed by atoms with Crippen LogP contribution < -0.4 is 5.32 Å². The quantitative estimate of drug-likeness (QED) is 0.819. The highest BCUT2D eigenvalue weighted by Crippen LogP contribution is 2.30. The van der Waals surface area contributed by atoms with Gasteiger partial charge in [-0.25, -0.2) is 0 Å². The molecule has 0 radical (unpaired) electrons. The molecular weight excluding hydrogens is 310 g/mol. The molecule has 20 heavy (non-hydrogen) atoms. The van der Waals surface area contributed by atoms with E-state index < -0.39 is 0 Å². The molecule has 0 aliphatic carbocycles. The molecule has 1 amide bonds. The molecule has 1 N–H and O–H groups in total. The van der Waals surface area contributed by atoms with Crippen LogP contribution in [0.1, 0.15) is 13.8 Å². The number of nitrogens with zero attached hydrogens (tertiary/aromatic N) is 2. The number of rotatable bonds is 6. The molecule has 1 aromatic heterocycles. The number of hydrogen-bond donors (Lipinski definition) is 1. The highest BCUT2D eigenvalue weighted by molar-refractivity contribution is 8.03. The molecule has 2 rings (SSSR count). The second-order valence-electron chi connectivity index (χ2n) is 4.20. The maximum atomic E-state index is 11.8. The summed E-state index contributed by atoms with van der Waals surface area (Å²) >= 11 is 4.64. The highest BCUT2D eigenvalue weighted by Gasteiger charge is 2.09. The van der Waals surface area contributed by atoms with E-state index in [0.29, 0.717) is 11.0 Å². The number of carbonyl (C=O) groups is 1. The molecule has 7 heteroatoms. The molecule has 1 aromatic carbocycles. The zero-order valence-corrected chi connectivity index (χ0v) is 13.6. The van der Waals surface area contributed by atoms with E-state index in [2.05, 4.69) is 29.4 Å². The molecule has 0 unspecified atom stereocenters. The van der Waals surface area contributed by atoms with Gasteiger partial charge in [0.1, 0.15) is 0 Å². The lowest BCUT2D eigenvalue weighted by Crippen LogP contribution is -2.13. The molecule has 106 valence electrons. The van der Waals surface area contributed by atoms with Crippen LogP contribution in [0, 0.1) is 0 Å². The van der Waals surface area contributed by atoms with Gasteiger partial charge in [0.15, 0.2) is 8.68 Å². The Morgan fingerprint density at radius 3 is 2.65 bits per heavy atom. The summed E-state index contributed by atoms with van der Waals surface area (Å²) < 4.78 is 1.78. The van der Waals surface area contributed by atoms with Crippen LogP contribution in [-0.4, -0.2) is 27.1 Å². The fraction of sp³-hybridized carbons (Fsp3) is 0.308. The summed E-state index contributed by atoms with van der Waals surface area (Å²) in [6.07, 6.45) is 0. The van der Waals surface area contributed by atoms with Crippen LogP contribution >= 0.6 is 34.9 Å². The summed E-state index contributed by atoms with van der Waals surface area (Å²) in [7, 11) is 0. The smallest absolute Gasteiger partial charge is 0.234 e. The summed E-state index contributed by atoms with van der Waals surface area (Å²) in [6.45, 7) is 4.23. The summed E-state index contributed by atoms with van der Waals surface area (Å²) in [6, 6.07) is 9.43. The van der Waals surface area contributed by atoms with Crippen molar-refractivity contribution in [1.82, 2.24) is 10.2 Å². The summed E-state index contributed by atoms with van der Waals surface area (Å²) in [5, 5.41) is 11.5. The van der Waals surface area contributed by atoms with E-state index in [4.69, 9.17) is 0 Å². The fourth-order valence-corrected chi connectivity index (χ4v) is 4.39. The summed E-state index contributed by atoms with van der Waals surface area (Å²) in [5.41, 5.74) is 0.811. The van der Waals surface area contributed by atoms with E-state index >= 15 is 0 Å². The van der Waals surface area contributed by atoms with Gasteiger partial charge in [-0.2, -0.15) is 0 Å². The first-order chi connectivity index (χ1) is 9.63. The molecule has 0 atom stereocenters. The molecule has 0 bridgehead atoms. The molecule has 0 saturated heterocycles.